The van der Waals surface area contributed by atoms with E-state index in [-0.39, 0.29) is 6.10 Å². The first-order valence-electron chi connectivity index (χ1n) is 6.67. The largest absolute Gasteiger partial charge is 0.491 e. The molecular formula is C17H21NO. The summed E-state index contributed by atoms with van der Waals surface area (Å²) < 4.78 is 5.66. The fourth-order valence-electron chi connectivity index (χ4n) is 2.16. The van der Waals surface area contributed by atoms with E-state index in [1.54, 1.807) is 0 Å². The van der Waals surface area contributed by atoms with Crippen molar-refractivity contribution in [3.05, 3.63) is 53.6 Å². The van der Waals surface area contributed by atoms with E-state index in [0.717, 1.165) is 5.75 Å². The molecule has 2 nitrogen and oxygen atoms in total. The summed E-state index contributed by atoms with van der Waals surface area (Å²) >= 11 is 0. The first-order valence-corrected chi connectivity index (χ1v) is 6.67. The van der Waals surface area contributed by atoms with E-state index < -0.39 is 0 Å². The van der Waals surface area contributed by atoms with Crippen molar-refractivity contribution in [3.8, 4) is 16.9 Å². The molecule has 0 aliphatic carbocycles. The summed E-state index contributed by atoms with van der Waals surface area (Å²) in [5.74, 6) is 0.912. The maximum absolute atomic E-state index is 5.66. The van der Waals surface area contributed by atoms with E-state index in [0.29, 0.717) is 6.54 Å². The van der Waals surface area contributed by atoms with Crippen molar-refractivity contribution in [3.63, 3.8) is 0 Å². The Kier molecular flexibility index (Phi) is 4.23. The molecule has 0 atom stereocenters. The monoisotopic (exact) mass is 255 g/mol. The maximum Gasteiger partial charge on any atom is 0.119 e. The molecule has 0 aliphatic heterocycles. The highest BCUT2D eigenvalue weighted by molar-refractivity contribution is 5.68. The second-order valence-electron chi connectivity index (χ2n) is 5.04. The summed E-state index contributed by atoms with van der Waals surface area (Å²) in [7, 11) is 0. The van der Waals surface area contributed by atoms with Crippen molar-refractivity contribution < 1.29 is 4.74 Å². The van der Waals surface area contributed by atoms with Gasteiger partial charge in [-0.05, 0) is 55.2 Å². The van der Waals surface area contributed by atoms with Crippen LogP contribution in [0.3, 0.4) is 0 Å². The van der Waals surface area contributed by atoms with E-state index >= 15 is 0 Å². The van der Waals surface area contributed by atoms with Gasteiger partial charge in [-0.1, -0.05) is 30.3 Å². The predicted octanol–water partition coefficient (Wildman–Crippen LogP) is 3.91. The quantitative estimate of drug-likeness (QED) is 0.899. The van der Waals surface area contributed by atoms with Crippen LogP contribution in [0.15, 0.2) is 42.5 Å². The molecule has 0 heterocycles. The number of benzene rings is 2. The smallest absolute Gasteiger partial charge is 0.119 e. The Morgan fingerprint density at radius 2 is 1.74 bits per heavy atom. The molecule has 2 rings (SSSR count). The van der Waals surface area contributed by atoms with Crippen molar-refractivity contribution in [2.75, 3.05) is 0 Å². The van der Waals surface area contributed by atoms with Crippen molar-refractivity contribution >= 4 is 0 Å². The Bertz CT molecular complexity index is 544. The average molecular weight is 255 g/mol. The van der Waals surface area contributed by atoms with Gasteiger partial charge in [0, 0.05) is 6.54 Å². The molecule has 0 radical (unpaired) electrons. The number of ether oxygens (including phenoxy) is 1. The Labute approximate surface area is 115 Å². The second-order valence-corrected chi connectivity index (χ2v) is 5.04. The van der Waals surface area contributed by atoms with Gasteiger partial charge in [-0.15, -0.1) is 0 Å². The van der Waals surface area contributed by atoms with E-state index in [4.69, 9.17) is 10.5 Å². The normalized spacial score (nSPS) is 10.8. The minimum Gasteiger partial charge on any atom is -0.491 e. The zero-order chi connectivity index (χ0) is 13.8. The van der Waals surface area contributed by atoms with Crippen LogP contribution in [0, 0.1) is 6.92 Å². The summed E-state index contributed by atoms with van der Waals surface area (Å²) in [5.41, 5.74) is 10.5. The first kappa shape index (κ1) is 13.6. The summed E-state index contributed by atoms with van der Waals surface area (Å²) in [4.78, 5) is 0. The highest BCUT2D eigenvalue weighted by Crippen LogP contribution is 2.26. The molecule has 19 heavy (non-hydrogen) atoms. The summed E-state index contributed by atoms with van der Waals surface area (Å²) in [6.45, 7) is 6.77. The molecule has 0 fully saturated rings. The van der Waals surface area contributed by atoms with Gasteiger partial charge in [-0.25, -0.2) is 0 Å². The van der Waals surface area contributed by atoms with Crippen LogP contribution in [0.1, 0.15) is 25.0 Å². The lowest BCUT2D eigenvalue weighted by atomic mass is 9.98. The third-order valence-corrected chi connectivity index (χ3v) is 3.06. The molecule has 0 saturated carbocycles. The van der Waals surface area contributed by atoms with Crippen molar-refractivity contribution in [1.82, 2.24) is 0 Å². The van der Waals surface area contributed by atoms with Gasteiger partial charge in [0.1, 0.15) is 5.75 Å². The van der Waals surface area contributed by atoms with Crippen LogP contribution >= 0.6 is 0 Å². The Hall–Kier alpha value is -1.80. The number of aryl methyl sites for hydroxylation is 1. The lowest BCUT2D eigenvalue weighted by molar-refractivity contribution is 0.242. The molecule has 0 unspecified atom stereocenters. The zero-order valence-corrected chi connectivity index (χ0v) is 11.8. The van der Waals surface area contributed by atoms with Crippen LogP contribution in [0.5, 0.6) is 5.75 Å². The number of rotatable bonds is 4. The molecule has 2 N–H and O–H groups in total. The summed E-state index contributed by atoms with van der Waals surface area (Å²) in [6.07, 6.45) is 0.205. The van der Waals surface area contributed by atoms with Gasteiger partial charge in [-0.3, -0.25) is 0 Å². The number of nitrogens with two attached hydrogens (primary N) is 1. The molecule has 0 aromatic heterocycles. The molecule has 2 heteroatoms. The fraction of sp³-hybridized carbons (Fsp3) is 0.294. The molecule has 0 spiro atoms. The van der Waals surface area contributed by atoms with Crippen LogP contribution < -0.4 is 10.5 Å². The topological polar surface area (TPSA) is 35.2 Å². The Balaban J connectivity index is 2.27. The summed E-state index contributed by atoms with van der Waals surface area (Å²) in [6, 6.07) is 14.6. The SMILES string of the molecule is Cc1cc(CN)ccc1-c1ccc(OC(C)C)cc1. The van der Waals surface area contributed by atoms with Crippen LogP contribution in [0.2, 0.25) is 0 Å². The van der Waals surface area contributed by atoms with Crippen LogP contribution in [0.25, 0.3) is 11.1 Å². The second kappa shape index (κ2) is 5.89. The van der Waals surface area contributed by atoms with Gasteiger partial charge >= 0.3 is 0 Å². The zero-order valence-electron chi connectivity index (χ0n) is 11.8. The molecule has 0 saturated heterocycles. The van der Waals surface area contributed by atoms with Gasteiger partial charge in [-0.2, -0.15) is 0 Å². The standard InChI is InChI=1S/C17H21NO/c1-12(2)19-16-7-5-15(6-8-16)17-9-4-14(11-18)10-13(17)3/h4-10,12H,11,18H2,1-3H3. The lowest BCUT2D eigenvalue weighted by Crippen LogP contribution is -2.05. The Morgan fingerprint density at radius 1 is 1.05 bits per heavy atom. The minimum atomic E-state index is 0.205. The third kappa shape index (κ3) is 3.36. The van der Waals surface area contributed by atoms with Crippen LogP contribution in [-0.4, -0.2) is 6.10 Å². The fourth-order valence-corrected chi connectivity index (χ4v) is 2.16. The number of hydrogen-bond acceptors (Lipinski definition) is 2. The van der Waals surface area contributed by atoms with Gasteiger partial charge in [0.25, 0.3) is 0 Å². The Morgan fingerprint density at radius 3 is 2.26 bits per heavy atom. The van der Waals surface area contributed by atoms with Crippen molar-refractivity contribution in [1.29, 1.82) is 0 Å². The molecule has 0 aliphatic rings. The van der Waals surface area contributed by atoms with Crippen molar-refractivity contribution in [2.45, 2.75) is 33.4 Å². The highest BCUT2D eigenvalue weighted by atomic mass is 16.5. The molecule has 2 aromatic carbocycles. The van der Waals surface area contributed by atoms with Gasteiger partial charge in [0.05, 0.1) is 6.10 Å². The highest BCUT2D eigenvalue weighted by Gasteiger charge is 2.04. The number of hydrogen-bond donors (Lipinski definition) is 1. The molecule has 2 aromatic rings. The third-order valence-electron chi connectivity index (χ3n) is 3.06. The molecule has 100 valence electrons. The summed E-state index contributed by atoms with van der Waals surface area (Å²) in [5, 5.41) is 0. The van der Waals surface area contributed by atoms with E-state index in [1.165, 1.54) is 22.3 Å². The first-order chi connectivity index (χ1) is 9.10. The maximum atomic E-state index is 5.66. The van der Waals surface area contributed by atoms with Gasteiger partial charge in [0.15, 0.2) is 0 Å². The van der Waals surface area contributed by atoms with Crippen LogP contribution in [-0.2, 0) is 6.54 Å². The van der Waals surface area contributed by atoms with E-state index in [2.05, 4.69) is 37.3 Å². The van der Waals surface area contributed by atoms with Crippen LogP contribution in [0.4, 0.5) is 0 Å². The van der Waals surface area contributed by atoms with E-state index in [9.17, 15) is 0 Å². The molecule has 0 amide bonds. The van der Waals surface area contributed by atoms with Gasteiger partial charge in [0.2, 0.25) is 0 Å². The van der Waals surface area contributed by atoms with E-state index in [1.807, 2.05) is 26.0 Å². The van der Waals surface area contributed by atoms with Gasteiger partial charge < -0.3 is 10.5 Å². The van der Waals surface area contributed by atoms with Crippen molar-refractivity contribution in [2.24, 2.45) is 5.73 Å². The molecule has 0 bridgehead atoms. The lowest BCUT2D eigenvalue weighted by Gasteiger charge is -2.11. The average Bonchev–Trinajstić information content (AvgIpc) is 2.39. The molecular weight excluding hydrogens is 234 g/mol. The predicted molar refractivity (Wildman–Crippen MR) is 80.3 cm³/mol. The minimum absolute atomic E-state index is 0.205.